The van der Waals surface area contributed by atoms with Gasteiger partial charge in [-0.15, -0.1) is 0 Å². The van der Waals surface area contributed by atoms with Crippen LogP contribution in [0.3, 0.4) is 0 Å². The Balaban J connectivity index is 1.91. The molecule has 0 saturated carbocycles. The van der Waals surface area contributed by atoms with Crippen LogP contribution in [0.25, 0.3) is 11.0 Å². The van der Waals surface area contributed by atoms with Gasteiger partial charge in [0.2, 0.25) is 5.91 Å². The van der Waals surface area contributed by atoms with Crippen molar-refractivity contribution >= 4 is 29.1 Å². The first-order valence-corrected chi connectivity index (χ1v) is 7.26. The molecule has 1 atom stereocenters. The molecule has 0 bridgehead atoms. The number of benzene rings is 1. The number of piperidine rings is 1. The fourth-order valence-electron chi connectivity index (χ4n) is 2.64. The lowest BCUT2D eigenvalue weighted by Crippen LogP contribution is -2.60. The van der Waals surface area contributed by atoms with Crippen molar-refractivity contribution in [1.82, 2.24) is 20.6 Å². The number of halogens is 2. The summed E-state index contributed by atoms with van der Waals surface area (Å²) >= 11 is 0. The van der Waals surface area contributed by atoms with E-state index in [1.807, 2.05) is 0 Å². The van der Waals surface area contributed by atoms with E-state index in [1.165, 1.54) is 18.2 Å². The zero-order valence-corrected chi connectivity index (χ0v) is 12.4. The largest absolute Gasteiger partial charge is 0.353 e. The minimum absolute atomic E-state index is 0.0140. The van der Waals surface area contributed by atoms with Gasteiger partial charge in [-0.1, -0.05) is 6.07 Å². The van der Waals surface area contributed by atoms with Crippen molar-refractivity contribution in [3.8, 4) is 0 Å². The summed E-state index contributed by atoms with van der Waals surface area (Å²) < 4.78 is 25.6. The maximum atomic E-state index is 12.8. The topological polar surface area (TPSA) is 104 Å². The van der Waals surface area contributed by atoms with Gasteiger partial charge in [-0.05, 0) is 18.6 Å². The second kappa shape index (κ2) is 5.99. The van der Waals surface area contributed by atoms with Gasteiger partial charge in [0.1, 0.15) is 17.3 Å². The maximum Gasteiger partial charge on any atom is 0.295 e. The molecular weight excluding hydrogens is 322 g/mol. The standard InChI is InChI=1S/C15H14F2N4O3/c16-12(17)13-19-9-3-1-2-8(11(9)20-13)14(24)21-15(7-22)5-4-10(23)18-6-15/h1-3,7,12H,4-6H2,(H,18,23)(H,19,20)(H,21,24). The molecule has 3 N–H and O–H groups in total. The van der Waals surface area contributed by atoms with Gasteiger partial charge in [0.15, 0.2) is 5.82 Å². The molecule has 2 amide bonds. The summed E-state index contributed by atoms with van der Waals surface area (Å²) in [5.74, 6) is -1.34. The third kappa shape index (κ3) is 2.84. The van der Waals surface area contributed by atoms with E-state index in [0.717, 1.165) is 0 Å². The Kier molecular flexibility index (Phi) is 4.00. The zero-order valence-electron chi connectivity index (χ0n) is 12.4. The van der Waals surface area contributed by atoms with Crippen LogP contribution in [0.15, 0.2) is 18.2 Å². The molecule has 0 aliphatic carbocycles. The molecule has 1 unspecified atom stereocenters. The summed E-state index contributed by atoms with van der Waals surface area (Å²) in [5.41, 5.74) is -0.732. The Bertz CT molecular complexity index is 808. The van der Waals surface area contributed by atoms with Gasteiger partial charge in [0.25, 0.3) is 12.3 Å². The lowest BCUT2D eigenvalue weighted by Gasteiger charge is -2.33. The SMILES string of the molecule is O=CC1(NC(=O)c2cccc3[nH]c(C(F)F)nc23)CCC(=O)NC1. The monoisotopic (exact) mass is 336 g/mol. The molecule has 1 aliphatic heterocycles. The quantitative estimate of drug-likeness (QED) is 0.727. The first-order valence-electron chi connectivity index (χ1n) is 7.26. The molecule has 1 aliphatic rings. The Morgan fingerprint density at radius 1 is 1.42 bits per heavy atom. The van der Waals surface area contributed by atoms with Crippen molar-refractivity contribution in [1.29, 1.82) is 0 Å². The number of para-hydroxylation sites is 1. The van der Waals surface area contributed by atoms with Crippen LogP contribution in [-0.2, 0) is 9.59 Å². The van der Waals surface area contributed by atoms with E-state index < -0.39 is 23.7 Å². The van der Waals surface area contributed by atoms with E-state index in [1.54, 1.807) is 0 Å². The van der Waals surface area contributed by atoms with E-state index in [2.05, 4.69) is 20.6 Å². The Hall–Kier alpha value is -2.84. The number of hydrogen-bond acceptors (Lipinski definition) is 4. The predicted octanol–water partition coefficient (Wildman–Crippen LogP) is 1.08. The number of fused-ring (bicyclic) bond motifs is 1. The Morgan fingerprint density at radius 3 is 2.83 bits per heavy atom. The van der Waals surface area contributed by atoms with Crippen LogP contribution in [0, 0.1) is 0 Å². The highest BCUT2D eigenvalue weighted by molar-refractivity contribution is 6.06. The summed E-state index contributed by atoms with van der Waals surface area (Å²) in [6.45, 7) is -0.0140. The molecule has 0 radical (unpaired) electrons. The minimum Gasteiger partial charge on any atom is -0.353 e. The van der Waals surface area contributed by atoms with Crippen LogP contribution < -0.4 is 10.6 Å². The van der Waals surface area contributed by atoms with Crippen molar-refractivity contribution in [2.75, 3.05) is 6.54 Å². The van der Waals surface area contributed by atoms with Crippen LogP contribution in [0.5, 0.6) is 0 Å². The lowest BCUT2D eigenvalue weighted by molar-refractivity contribution is -0.125. The van der Waals surface area contributed by atoms with Crippen LogP contribution >= 0.6 is 0 Å². The van der Waals surface area contributed by atoms with Crippen LogP contribution in [0.1, 0.15) is 35.4 Å². The first-order chi connectivity index (χ1) is 11.4. The number of amides is 2. The zero-order chi connectivity index (χ0) is 17.3. The average Bonchev–Trinajstić information content (AvgIpc) is 3.01. The van der Waals surface area contributed by atoms with Crippen LogP contribution in [-0.4, -0.2) is 40.2 Å². The number of imidazole rings is 1. The minimum atomic E-state index is -2.79. The van der Waals surface area contributed by atoms with E-state index in [4.69, 9.17) is 0 Å². The third-order valence-electron chi connectivity index (χ3n) is 3.97. The molecule has 1 aromatic heterocycles. The molecule has 9 heteroatoms. The molecule has 7 nitrogen and oxygen atoms in total. The lowest BCUT2D eigenvalue weighted by atomic mass is 9.91. The summed E-state index contributed by atoms with van der Waals surface area (Å²) in [6, 6.07) is 4.50. The fourth-order valence-corrected chi connectivity index (χ4v) is 2.64. The van der Waals surface area contributed by atoms with Crippen molar-refractivity contribution in [2.24, 2.45) is 0 Å². The van der Waals surface area contributed by atoms with Crippen molar-refractivity contribution in [2.45, 2.75) is 24.8 Å². The number of rotatable bonds is 4. The van der Waals surface area contributed by atoms with Crippen LogP contribution in [0.2, 0.25) is 0 Å². The number of aldehydes is 1. The van der Waals surface area contributed by atoms with Gasteiger partial charge in [-0.25, -0.2) is 13.8 Å². The summed E-state index contributed by atoms with van der Waals surface area (Å²) in [7, 11) is 0. The molecule has 126 valence electrons. The summed E-state index contributed by atoms with van der Waals surface area (Å²) in [6.07, 6.45) is -1.92. The number of aromatic nitrogens is 2. The van der Waals surface area contributed by atoms with Crippen molar-refractivity contribution in [3.05, 3.63) is 29.6 Å². The second-order valence-corrected chi connectivity index (χ2v) is 5.63. The van der Waals surface area contributed by atoms with Gasteiger partial charge in [0.05, 0.1) is 11.1 Å². The Labute approximate surface area is 134 Å². The number of nitrogens with zero attached hydrogens (tertiary/aromatic N) is 1. The highest BCUT2D eigenvalue weighted by Gasteiger charge is 2.36. The highest BCUT2D eigenvalue weighted by atomic mass is 19.3. The summed E-state index contributed by atoms with van der Waals surface area (Å²) in [4.78, 5) is 41.4. The van der Waals surface area contributed by atoms with E-state index >= 15 is 0 Å². The van der Waals surface area contributed by atoms with Gasteiger partial charge in [-0.2, -0.15) is 0 Å². The molecule has 1 saturated heterocycles. The number of alkyl halides is 2. The van der Waals surface area contributed by atoms with Crippen molar-refractivity contribution < 1.29 is 23.2 Å². The van der Waals surface area contributed by atoms with Gasteiger partial charge < -0.3 is 20.4 Å². The molecule has 1 aromatic carbocycles. The third-order valence-corrected chi connectivity index (χ3v) is 3.97. The number of nitrogens with one attached hydrogen (secondary N) is 3. The van der Waals surface area contributed by atoms with E-state index in [-0.39, 0.29) is 36.4 Å². The first kappa shape index (κ1) is 16.0. The molecule has 2 heterocycles. The van der Waals surface area contributed by atoms with Gasteiger partial charge in [-0.3, -0.25) is 9.59 Å². The molecule has 2 aromatic rings. The highest BCUT2D eigenvalue weighted by Crippen LogP contribution is 2.23. The van der Waals surface area contributed by atoms with Crippen molar-refractivity contribution in [3.63, 3.8) is 0 Å². The summed E-state index contributed by atoms with van der Waals surface area (Å²) in [5, 5.41) is 5.12. The smallest absolute Gasteiger partial charge is 0.295 e. The Morgan fingerprint density at radius 2 is 2.21 bits per heavy atom. The van der Waals surface area contributed by atoms with Gasteiger partial charge >= 0.3 is 0 Å². The molecule has 1 fully saturated rings. The van der Waals surface area contributed by atoms with E-state index in [9.17, 15) is 23.2 Å². The number of aromatic amines is 1. The molecule has 24 heavy (non-hydrogen) atoms. The number of H-pyrrole nitrogens is 1. The normalized spacial score (nSPS) is 20.9. The number of hydrogen-bond donors (Lipinski definition) is 3. The molecular formula is C15H14F2N4O3. The van der Waals surface area contributed by atoms with Gasteiger partial charge in [0, 0.05) is 13.0 Å². The second-order valence-electron chi connectivity index (χ2n) is 5.63. The molecule has 3 rings (SSSR count). The number of carbonyl (C=O) groups excluding carboxylic acids is 3. The fraction of sp³-hybridized carbons (Fsp3) is 0.333. The number of carbonyl (C=O) groups is 3. The predicted molar refractivity (Wildman–Crippen MR) is 79.6 cm³/mol. The maximum absolute atomic E-state index is 12.8. The van der Waals surface area contributed by atoms with Crippen LogP contribution in [0.4, 0.5) is 8.78 Å². The average molecular weight is 336 g/mol. The van der Waals surface area contributed by atoms with E-state index in [0.29, 0.717) is 11.8 Å². The molecule has 0 spiro atoms.